The number of aliphatic hydroxyl groups excluding tert-OH is 2. The van der Waals surface area contributed by atoms with Gasteiger partial charge in [0.05, 0.1) is 5.92 Å². The topological polar surface area (TPSA) is 87.0 Å². The van der Waals surface area contributed by atoms with Crippen molar-refractivity contribution in [2.45, 2.75) is 12.7 Å². The molecule has 0 radical (unpaired) electrons. The zero-order valence-electron chi connectivity index (χ0n) is 6.52. The van der Waals surface area contributed by atoms with Crippen LogP contribution in [0.5, 0.6) is 0 Å². The van der Waals surface area contributed by atoms with E-state index in [-0.39, 0.29) is 18.7 Å². The molecule has 1 aliphatic heterocycles. The van der Waals surface area contributed by atoms with Crippen LogP contribution in [-0.2, 0) is 9.53 Å². The summed E-state index contributed by atoms with van der Waals surface area (Å²) in [6.07, 6.45) is 0.195. The molecular weight excluding hydrogens is 164 g/mol. The Morgan fingerprint density at radius 3 is 2.75 bits per heavy atom. The van der Waals surface area contributed by atoms with Gasteiger partial charge in [-0.05, 0) is 6.92 Å². The molecule has 5 heteroatoms. The summed E-state index contributed by atoms with van der Waals surface area (Å²) in [5.74, 6) is -3.72. The van der Waals surface area contributed by atoms with Gasteiger partial charge in [-0.15, -0.1) is 0 Å². The van der Waals surface area contributed by atoms with Crippen LogP contribution in [0.4, 0.5) is 0 Å². The molecule has 0 aromatic rings. The minimum Gasteiger partial charge on any atom is -0.508 e. The number of hydrogen-bond acceptors (Lipinski definition) is 5. The third-order valence-electron chi connectivity index (χ3n) is 1.94. The van der Waals surface area contributed by atoms with Gasteiger partial charge in [-0.2, -0.15) is 0 Å². The normalized spacial score (nSPS) is 36.7. The van der Waals surface area contributed by atoms with E-state index < -0.39 is 17.5 Å². The zero-order valence-corrected chi connectivity index (χ0v) is 6.52. The van der Waals surface area contributed by atoms with Crippen molar-refractivity contribution in [3.05, 3.63) is 11.5 Å². The molecule has 0 saturated heterocycles. The zero-order chi connectivity index (χ0) is 9.35. The molecule has 1 rings (SSSR count). The molecule has 0 spiro atoms. The Hall–Kier alpha value is -1.07. The van der Waals surface area contributed by atoms with Crippen LogP contribution in [0.15, 0.2) is 11.5 Å². The van der Waals surface area contributed by atoms with Crippen molar-refractivity contribution in [1.82, 2.24) is 0 Å². The lowest BCUT2D eigenvalue weighted by Gasteiger charge is -2.32. The second-order valence-corrected chi connectivity index (χ2v) is 2.71. The van der Waals surface area contributed by atoms with E-state index in [9.17, 15) is 9.90 Å². The number of ether oxygens (including phenoxy) is 1. The van der Waals surface area contributed by atoms with Gasteiger partial charge in [-0.25, -0.2) is 0 Å². The molecule has 12 heavy (non-hydrogen) atoms. The Kier molecular flexibility index (Phi) is 2.08. The highest BCUT2D eigenvalue weighted by molar-refractivity contribution is 5.61. The number of aldehydes is 1. The third-order valence-corrected chi connectivity index (χ3v) is 1.94. The lowest BCUT2D eigenvalue weighted by Crippen LogP contribution is -2.46. The Balaban J connectivity index is 2.98. The van der Waals surface area contributed by atoms with Crippen molar-refractivity contribution in [3.8, 4) is 0 Å². The van der Waals surface area contributed by atoms with Gasteiger partial charge in [-0.3, -0.25) is 4.79 Å². The highest BCUT2D eigenvalue weighted by Gasteiger charge is 2.42. The minimum absolute atomic E-state index is 0.195. The Labute approximate surface area is 68.9 Å². The highest BCUT2D eigenvalue weighted by atomic mass is 16.6. The summed E-state index contributed by atoms with van der Waals surface area (Å²) in [6.45, 7) is 1.02. The second-order valence-electron chi connectivity index (χ2n) is 2.71. The molecular formula is C7H10O5. The Morgan fingerprint density at radius 2 is 2.25 bits per heavy atom. The maximum atomic E-state index is 10.4. The molecule has 2 atom stereocenters. The predicted octanol–water partition coefficient (Wildman–Crippen LogP) is -0.132. The molecule has 5 nitrogen and oxygen atoms in total. The van der Waals surface area contributed by atoms with Crippen molar-refractivity contribution in [2.75, 3.05) is 6.61 Å². The van der Waals surface area contributed by atoms with Gasteiger partial charge in [0.15, 0.2) is 12.0 Å². The monoisotopic (exact) mass is 174 g/mol. The SMILES string of the molecule is C[C@@H]1C(O)=C(O)COC1(O)C=O. The lowest BCUT2D eigenvalue weighted by molar-refractivity contribution is -0.221. The van der Waals surface area contributed by atoms with Gasteiger partial charge in [0.25, 0.3) is 0 Å². The number of hydrogen-bond donors (Lipinski definition) is 3. The predicted molar refractivity (Wildman–Crippen MR) is 38.4 cm³/mol. The van der Waals surface area contributed by atoms with Gasteiger partial charge in [0, 0.05) is 0 Å². The van der Waals surface area contributed by atoms with Gasteiger partial charge < -0.3 is 20.1 Å². The van der Waals surface area contributed by atoms with Crippen LogP contribution >= 0.6 is 0 Å². The average Bonchev–Trinajstić information content (AvgIpc) is 2.09. The van der Waals surface area contributed by atoms with E-state index >= 15 is 0 Å². The van der Waals surface area contributed by atoms with Crippen LogP contribution in [0.25, 0.3) is 0 Å². The lowest BCUT2D eigenvalue weighted by atomic mass is 9.97. The van der Waals surface area contributed by atoms with Crippen LogP contribution in [0.2, 0.25) is 0 Å². The molecule has 0 aliphatic carbocycles. The highest BCUT2D eigenvalue weighted by Crippen LogP contribution is 2.29. The largest absolute Gasteiger partial charge is 0.508 e. The summed E-state index contributed by atoms with van der Waals surface area (Å²) in [5, 5.41) is 27.4. The summed E-state index contributed by atoms with van der Waals surface area (Å²) < 4.78 is 4.63. The quantitative estimate of drug-likeness (QED) is 0.482. The smallest absolute Gasteiger partial charge is 0.233 e. The number of carbonyl (C=O) groups excluding carboxylic acids is 1. The second kappa shape index (κ2) is 2.76. The van der Waals surface area contributed by atoms with E-state index in [1.807, 2.05) is 0 Å². The molecule has 0 fully saturated rings. The molecule has 0 aromatic heterocycles. The average molecular weight is 174 g/mol. The van der Waals surface area contributed by atoms with Crippen LogP contribution < -0.4 is 0 Å². The summed E-state index contributed by atoms with van der Waals surface area (Å²) in [5.41, 5.74) is 0. The molecule has 3 N–H and O–H groups in total. The molecule has 1 unspecified atom stereocenters. The van der Waals surface area contributed by atoms with Crippen molar-refractivity contribution >= 4 is 6.29 Å². The first-order valence-electron chi connectivity index (χ1n) is 3.45. The Bertz CT molecular complexity index is 234. The van der Waals surface area contributed by atoms with Gasteiger partial charge in [0.2, 0.25) is 5.79 Å². The fraction of sp³-hybridized carbons (Fsp3) is 0.571. The maximum Gasteiger partial charge on any atom is 0.233 e. The first-order valence-corrected chi connectivity index (χ1v) is 3.45. The fourth-order valence-corrected chi connectivity index (χ4v) is 0.965. The van der Waals surface area contributed by atoms with E-state index in [0.29, 0.717) is 0 Å². The van der Waals surface area contributed by atoms with Crippen molar-refractivity contribution in [2.24, 2.45) is 5.92 Å². The molecule has 68 valence electrons. The molecule has 0 saturated carbocycles. The third kappa shape index (κ3) is 1.17. The molecule has 0 bridgehead atoms. The summed E-state index contributed by atoms with van der Waals surface area (Å²) in [4.78, 5) is 10.4. The molecule has 1 aliphatic rings. The van der Waals surface area contributed by atoms with Crippen molar-refractivity contribution in [1.29, 1.82) is 0 Å². The van der Waals surface area contributed by atoms with E-state index in [0.717, 1.165) is 0 Å². The van der Waals surface area contributed by atoms with Crippen LogP contribution in [0, 0.1) is 5.92 Å². The van der Waals surface area contributed by atoms with Gasteiger partial charge in [-0.1, -0.05) is 0 Å². The molecule has 0 aromatic carbocycles. The van der Waals surface area contributed by atoms with E-state index in [2.05, 4.69) is 4.74 Å². The number of rotatable bonds is 1. The Morgan fingerprint density at radius 1 is 1.67 bits per heavy atom. The van der Waals surface area contributed by atoms with Gasteiger partial charge in [0.1, 0.15) is 12.4 Å². The molecule has 0 amide bonds. The fourth-order valence-electron chi connectivity index (χ4n) is 0.965. The van der Waals surface area contributed by atoms with Gasteiger partial charge >= 0.3 is 0 Å². The van der Waals surface area contributed by atoms with Crippen molar-refractivity contribution in [3.63, 3.8) is 0 Å². The summed E-state index contributed by atoms with van der Waals surface area (Å²) in [7, 11) is 0. The van der Waals surface area contributed by atoms with Crippen LogP contribution in [-0.4, -0.2) is 34.0 Å². The van der Waals surface area contributed by atoms with Crippen molar-refractivity contribution < 1.29 is 24.9 Å². The molecule has 1 heterocycles. The van der Waals surface area contributed by atoms with Crippen LogP contribution in [0.1, 0.15) is 6.92 Å². The maximum absolute atomic E-state index is 10.4. The first-order chi connectivity index (χ1) is 5.51. The summed E-state index contributed by atoms with van der Waals surface area (Å²) in [6, 6.07) is 0. The number of carbonyl (C=O) groups is 1. The standard InChI is InChI=1S/C7H10O5/c1-4-6(10)5(9)2-12-7(4,11)3-8/h3-4,9-11H,2H2,1H3/t4-,7?/m1/s1. The number of aliphatic hydroxyl groups is 3. The van der Waals surface area contributed by atoms with Crippen LogP contribution in [0.3, 0.4) is 0 Å². The first kappa shape index (κ1) is 9.02. The van der Waals surface area contributed by atoms with E-state index in [1.54, 1.807) is 0 Å². The van der Waals surface area contributed by atoms with E-state index in [4.69, 9.17) is 10.2 Å². The van der Waals surface area contributed by atoms with E-state index in [1.165, 1.54) is 6.92 Å². The summed E-state index contributed by atoms with van der Waals surface area (Å²) >= 11 is 0. The minimum atomic E-state index is -2.02.